The summed E-state index contributed by atoms with van der Waals surface area (Å²) in [6.07, 6.45) is 0.917. The summed E-state index contributed by atoms with van der Waals surface area (Å²) in [5.74, 6) is -3.09. The summed E-state index contributed by atoms with van der Waals surface area (Å²) < 4.78 is 10.7. The van der Waals surface area contributed by atoms with Crippen LogP contribution in [0.25, 0.3) is 11.1 Å². The summed E-state index contributed by atoms with van der Waals surface area (Å²) in [7, 11) is 1.30. The number of hydrogen-bond acceptors (Lipinski definition) is 6. The lowest BCUT2D eigenvalue weighted by Gasteiger charge is -2.38. The Balaban J connectivity index is 1.83. The number of ether oxygens (including phenoxy) is 2. The molecular weight excluding hydrogens is 454 g/mol. The monoisotopic (exact) mass is 487 g/mol. The van der Waals surface area contributed by atoms with Crippen LogP contribution < -0.4 is 5.32 Å². The number of esters is 2. The molecule has 0 fully saturated rings. The molecule has 0 saturated heterocycles. The summed E-state index contributed by atoms with van der Waals surface area (Å²) in [5, 5.41) is 3.30. The molecule has 6 heteroatoms. The Hall–Kier alpha value is -3.67. The Morgan fingerprint density at radius 2 is 1.69 bits per heavy atom. The van der Waals surface area contributed by atoms with Crippen LogP contribution in [0.3, 0.4) is 0 Å². The average Bonchev–Trinajstić information content (AvgIpc) is 2.88. The molecule has 1 aliphatic heterocycles. The van der Waals surface area contributed by atoms with Gasteiger partial charge in [-0.05, 0) is 49.3 Å². The van der Waals surface area contributed by atoms with E-state index in [2.05, 4.69) is 5.32 Å². The smallest absolute Gasteiger partial charge is 0.337 e. The number of methoxy groups -OCH3 is 1. The number of nitrogens with one attached hydrogen (secondary N) is 1. The third kappa shape index (κ3) is 4.72. The molecule has 2 aromatic carbocycles. The lowest BCUT2D eigenvalue weighted by atomic mass is 9.69. The summed E-state index contributed by atoms with van der Waals surface area (Å²) in [5.41, 5.74) is 5.16. The van der Waals surface area contributed by atoms with Gasteiger partial charge >= 0.3 is 11.9 Å². The summed E-state index contributed by atoms with van der Waals surface area (Å²) in [4.78, 5) is 39.8. The van der Waals surface area contributed by atoms with E-state index >= 15 is 0 Å². The van der Waals surface area contributed by atoms with E-state index in [-0.39, 0.29) is 17.8 Å². The minimum Gasteiger partial charge on any atom is -0.468 e. The van der Waals surface area contributed by atoms with Crippen LogP contribution in [0.4, 0.5) is 0 Å². The number of hydrogen-bond donors (Lipinski definition) is 1. The van der Waals surface area contributed by atoms with Crippen LogP contribution >= 0.6 is 0 Å². The third-order valence-electron chi connectivity index (χ3n) is 7.20. The maximum absolute atomic E-state index is 13.8. The van der Waals surface area contributed by atoms with Gasteiger partial charge in [-0.25, -0.2) is 4.79 Å². The highest BCUT2D eigenvalue weighted by atomic mass is 16.5. The number of carbonyl (C=O) groups is 3. The van der Waals surface area contributed by atoms with Crippen molar-refractivity contribution < 1.29 is 23.9 Å². The van der Waals surface area contributed by atoms with E-state index in [1.54, 1.807) is 0 Å². The van der Waals surface area contributed by atoms with Gasteiger partial charge < -0.3 is 14.8 Å². The molecule has 2 aliphatic rings. The fourth-order valence-corrected chi connectivity index (χ4v) is 5.11. The van der Waals surface area contributed by atoms with Gasteiger partial charge in [-0.15, -0.1) is 0 Å². The molecule has 0 unspecified atom stereocenters. The van der Waals surface area contributed by atoms with Gasteiger partial charge in [0.1, 0.15) is 5.92 Å². The van der Waals surface area contributed by atoms with E-state index in [4.69, 9.17) is 9.47 Å². The number of rotatable bonds is 6. The van der Waals surface area contributed by atoms with Crippen LogP contribution in [0, 0.1) is 11.8 Å². The predicted octanol–water partition coefficient (Wildman–Crippen LogP) is 5.31. The fourth-order valence-electron chi connectivity index (χ4n) is 5.11. The molecule has 1 aliphatic carbocycles. The van der Waals surface area contributed by atoms with Crippen LogP contribution in [-0.2, 0) is 23.9 Å². The van der Waals surface area contributed by atoms with Crippen LogP contribution in [0.1, 0.15) is 52.0 Å². The molecule has 1 heterocycles. The van der Waals surface area contributed by atoms with E-state index in [0.717, 1.165) is 22.4 Å². The number of carbonyl (C=O) groups excluding carboxylic acids is 3. The van der Waals surface area contributed by atoms with E-state index in [1.807, 2.05) is 82.3 Å². The third-order valence-corrected chi connectivity index (χ3v) is 7.20. The van der Waals surface area contributed by atoms with Gasteiger partial charge in [0, 0.05) is 22.9 Å². The largest absolute Gasteiger partial charge is 0.468 e. The number of allylic oxidation sites excluding steroid dienone is 3. The Kier molecular flexibility index (Phi) is 7.43. The van der Waals surface area contributed by atoms with Crippen molar-refractivity contribution in [2.75, 3.05) is 7.11 Å². The van der Waals surface area contributed by atoms with Gasteiger partial charge in [-0.1, -0.05) is 68.4 Å². The van der Waals surface area contributed by atoms with Gasteiger partial charge in [0.25, 0.3) is 0 Å². The average molecular weight is 488 g/mol. The Morgan fingerprint density at radius 3 is 2.31 bits per heavy atom. The molecule has 4 atom stereocenters. The lowest BCUT2D eigenvalue weighted by Crippen LogP contribution is -2.43. The van der Waals surface area contributed by atoms with Crippen molar-refractivity contribution in [3.05, 3.63) is 82.7 Å². The van der Waals surface area contributed by atoms with Crippen molar-refractivity contribution in [1.82, 2.24) is 5.32 Å². The van der Waals surface area contributed by atoms with E-state index < -0.39 is 23.8 Å². The minimum absolute atomic E-state index is 0.223. The maximum atomic E-state index is 13.8. The Morgan fingerprint density at radius 1 is 1.06 bits per heavy atom. The lowest BCUT2D eigenvalue weighted by molar-refractivity contribution is -0.151. The first-order valence-corrected chi connectivity index (χ1v) is 12.5. The molecule has 0 saturated carbocycles. The highest BCUT2D eigenvalue weighted by molar-refractivity contribution is 6.12. The fraction of sp³-hybridized carbons (Fsp3) is 0.367. The summed E-state index contributed by atoms with van der Waals surface area (Å²) >= 11 is 0. The highest BCUT2D eigenvalue weighted by Gasteiger charge is 2.47. The SMILES string of the molecule is CC[C@@H](C)OC(=O)C1=C(C)NC2=C(C(=O)[C@H](C(=O)OC)[C@H](C)C2)[C@H]1c1ccc(-c2ccccc2)cc1. The molecule has 0 radical (unpaired) electrons. The van der Waals surface area contributed by atoms with E-state index in [9.17, 15) is 14.4 Å². The standard InChI is InChI=1S/C30H33NO5/c1-6-18(3)36-30(34)25-19(4)31-23-16-17(2)24(29(33)35-5)28(32)27(23)26(25)22-14-12-21(13-15-22)20-10-8-7-9-11-20/h7-15,17-18,24,26,31H,6,16H2,1-5H3/t17-,18-,24-,26+/m1/s1. The van der Waals surface area contributed by atoms with Crippen molar-refractivity contribution in [2.45, 2.75) is 52.6 Å². The van der Waals surface area contributed by atoms with Gasteiger partial charge in [0.15, 0.2) is 5.78 Å². The molecular formula is C30H33NO5. The van der Waals surface area contributed by atoms with Crippen LogP contribution in [-0.4, -0.2) is 30.9 Å². The molecule has 0 spiro atoms. The van der Waals surface area contributed by atoms with E-state index in [1.165, 1.54) is 7.11 Å². The zero-order valence-corrected chi connectivity index (χ0v) is 21.5. The second kappa shape index (κ2) is 10.5. The zero-order valence-electron chi connectivity index (χ0n) is 21.5. The van der Waals surface area contributed by atoms with Crippen LogP contribution in [0.15, 0.2) is 77.1 Å². The van der Waals surface area contributed by atoms with Crippen molar-refractivity contribution in [3.8, 4) is 11.1 Å². The maximum Gasteiger partial charge on any atom is 0.337 e. The quantitative estimate of drug-likeness (QED) is 0.439. The molecule has 6 nitrogen and oxygen atoms in total. The first kappa shape index (κ1) is 25.4. The van der Waals surface area contributed by atoms with Gasteiger partial charge in [0.05, 0.1) is 18.8 Å². The second-order valence-corrected chi connectivity index (χ2v) is 9.65. The highest BCUT2D eigenvalue weighted by Crippen LogP contribution is 2.45. The molecule has 0 amide bonds. The van der Waals surface area contributed by atoms with Crippen LogP contribution in [0.5, 0.6) is 0 Å². The van der Waals surface area contributed by atoms with Gasteiger partial charge in [-0.3, -0.25) is 9.59 Å². The van der Waals surface area contributed by atoms with Crippen molar-refractivity contribution in [1.29, 1.82) is 0 Å². The van der Waals surface area contributed by atoms with E-state index in [0.29, 0.717) is 29.7 Å². The summed E-state index contributed by atoms with van der Waals surface area (Å²) in [6, 6.07) is 17.9. The van der Waals surface area contributed by atoms with Crippen molar-refractivity contribution in [2.24, 2.45) is 11.8 Å². The topological polar surface area (TPSA) is 81.7 Å². The van der Waals surface area contributed by atoms with Gasteiger partial charge in [0.2, 0.25) is 0 Å². The first-order valence-electron chi connectivity index (χ1n) is 12.5. The molecule has 36 heavy (non-hydrogen) atoms. The number of dihydropyridines is 1. The summed E-state index contributed by atoms with van der Waals surface area (Å²) in [6.45, 7) is 7.51. The number of benzene rings is 2. The molecule has 4 rings (SSSR count). The normalized spacial score (nSPS) is 22.5. The zero-order chi connectivity index (χ0) is 26.0. The Bertz CT molecular complexity index is 1230. The number of ketones is 1. The van der Waals surface area contributed by atoms with Crippen molar-refractivity contribution >= 4 is 17.7 Å². The van der Waals surface area contributed by atoms with Crippen LogP contribution in [0.2, 0.25) is 0 Å². The molecule has 0 aromatic heterocycles. The molecule has 1 N–H and O–H groups in total. The second-order valence-electron chi connectivity index (χ2n) is 9.65. The molecule has 188 valence electrons. The molecule has 2 aromatic rings. The Labute approximate surface area is 212 Å². The van der Waals surface area contributed by atoms with Crippen molar-refractivity contribution in [3.63, 3.8) is 0 Å². The minimum atomic E-state index is -0.910. The predicted molar refractivity (Wildman–Crippen MR) is 138 cm³/mol. The first-order chi connectivity index (χ1) is 17.3. The number of Topliss-reactive ketones (excluding diaryl/α,β-unsaturated/α-hetero) is 1. The van der Waals surface area contributed by atoms with Gasteiger partial charge in [-0.2, -0.15) is 0 Å². The molecule has 0 bridgehead atoms.